The fourth-order valence-corrected chi connectivity index (χ4v) is 2.18. The van der Waals surface area contributed by atoms with Gasteiger partial charge in [0, 0.05) is 10.4 Å². The third-order valence-electron chi connectivity index (χ3n) is 2.20. The van der Waals surface area contributed by atoms with Crippen molar-refractivity contribution in [2.45, 2.75) is 13.0 Å². The fourth-order valence-electron chi connectivity index (χ4n) is 1.41. The molecule has 2 aromatic rings. The van der Waals surface area contributed by atoms with Crippen LogP contribution in [0.25, 0.3) is 0 Å². The average molecular weight is 267 g/mol. The Balaban J connectivity index is 1.85. The van der Waals surface area contributed by atoms with Crippen molar-refractivity contribution in [3.63, 3.8) is 0 Å². The summed E-state index contributed by atoms with van der Waals surface area (Å²) in [6, 6.07) is 7.31. The molecule has 0 aliphatic rings. The third kappa shape index (κ3) is 3.84. The van der Waals surface area contributed by atoms with Gasteiger partial charge in [0.1, 0.15) is 0 Å². The number of hydrogen-bond donors (Lipinski definition) is 1. The number of amides is 1. The maximum Gasteiger partial charge on any atom is 0.224 e. The molecule has 1 amide bonds. The quantitative estimate of drug-likeness (QED) is 0.924. The van der Waals surface area contributed by atoms with Gasteiger partial charge >= 0.3 is 0 Å². The van der Waals surface area contributed by atoms with Crippen molar-refractivity contribution < 1.29 is 4.79 Å². The molecule has 88 valence electrons. The zero-order valence-electron chi connectivity index (χ0n) is 9.02. The van der Waals surface area contributed by atoms with Gasteiger partial charge in [0.2, 0.25) is 5.91 Å². The minimum atomic E-state index is -0.0275. The maximum absolute atomic E-state index is 11.6. The van der Waals surface area contributed by atoms with Gasteiger partial charge in [0.25, 0.3) is 0 Å². The minimum Gasteiger partial charge on any atom is -0.350 e. The van der Waals surface area contributed by atoms with Gasteiger partial charge in [-0.05, 0) is 17.7 Å². The lowest BCUT2D eigenvalue weighted by Crippen LogP contribution is -2.24. The van der Waals surface area contributed by atoms with Crippen LogP contribution in [0.2, 0.25) is 5.02 Å². The molecule has 5 heteroatoms. The van der Waals surface area contributed by atoms with E-state index in [1.807, 2.05) is 17.5 Å². The Morgan fingerprint density at radius 1 is 1.47 bits per heavy atom. The van der Waals surface area contributed by atoms with Crippen LogP contribution in [0.5, 0.6) is 0 Å². The standard InChI is InChI=1S/C12H11ClN2OS/c13-10-3-1-2-9(4-10)5-12(16)14-6-11-7-17-8-15-11/h1-4,7-8H,5-6H2,(H,14,16). The van der Waals surface area contributed by atoms with Gasteiger partial charge in [-0.15, -0.1) is 11.3 Å². The molecule has 1 N–H and O–H groups in total. The predicted molar refractivity (Wildman–Crippen MR) is 69.1 cm³/mol. The zero-order chi connectivity index (χ0) is 12.1. The SMILES string of the molecule is O=C(Cc1cccc(Cl)c1)NCc1cscn1. The molecule has 3 nitrogen and oxygen atoms in total. The predicted octanol–water partition coefficient (Wildman–Crippen LogP) is 2.66. The maximum atomic E-state index is 11.6. The van der Waals surface area contributed by atoms with Crippen LogP contribution < -0.4 is 5.32 Å². The van der Waals surface area contributed by atoms with Crippen LogP contribution in [-0.2, 0) is 17.8 Å². The summed E-state index contributed by atoms with van der Waals surface area (Å²) in [5, 5.41) is 5.38. The smallest absolute Gasteiger partial charge is 0.224 e. The summed E-state index contributed by atoms with van der Waals surface area (Å²) in [7, 11) is 0. The molecule has 0 bridgehead atoms. The van der Waals surface area contributed by atoms with Crippen LogP contribution in [0.1, 0.15) is 11.3 Å². The number of nitrogens with zero attached hydrogens (tertiary/aromatic N) is 1. The van der Waals surface area contributed by atoms with E-state index in [0.717, 1.165) is 11.3 Å². The van der Waals surface area contributed by atoms with Crippen molar-refractivity contribution in [2.75, 3.05) is 0 Å². The van der Waals surface area contributed by atoms with Crippen LogP contribution in [0.3, 0.4) is 0 Å². The lowest BCUT2D eigenvalue weighted by atomic mass is 10.1. The molecule has 1 aromatic carbocycles. The molecule has 17 heavy (non-hydrogen) atoms. The van der Waals surface area contributed by atoms with E-state index < -0.39 is 0 Å². The highest BCUT2D eigenvalue weighted by molar-refractivity contribution is 7.07. The summed E-state index contributed by atoms with van der Waals surface area (Å²) in [6.45, 7) is 0.475. The van der Waals surface area contributed by atoms with E-state index in [9.17, 15) is 4.79 Å². The third-order valence-corrected chi connectivity index (χ3v) is 3.07. The summed E-state index contributed by atoms with van der Waals surface area (Å²) in [5.74, 6) is -0.0275. The molecule has 0 saturated carbocycles. The van der Waals surface area contributed by atoms with E-state index in [1.165, 1.54) is 11.3 Å². The highest BCUT2D eigenvalue weighted by Gasteiger charge is 2.04. The average Bonchev–Trinajstić information content (AvgIpc) is 2.79. The molecule has 0 aliphatic heterocycles. The number of thiazole rings is 1. The summed E-state index contributed by atoms with van der Waals surface area (Å²) in [6.07, 6.45) is 0.338. The van der Waals surface area contributed by atoms with Crippen molar-refractivity contribution in [3.05, 3.63) is 51.4 Å². The molecule has 2 rings (SSSR count). The summed E-state index contributed by atoms with van der Waals surface area (Å²) >= 11 is 7.36. The first-order valence-electron chi connectivity index (χ1n) is 5.12. The Labute approximate surface area is 108 Å². The van der Waals surface area contributed by atoms with Crippen LogP contribution in [-0.4, -0.2) is 10.9 Å². The zero-order valence-corrected chi connectivity index (χ0v) is 10.6. The number of benzene rings is 1. The number of hydrogen-bond acceptors (Lipinski definition) is 3. The largest absolute Gasteiger partial charge is 0.350 e. The second kappa shape index (κ2) is 5.80. The van der Waals surface area contributed by atoms with Crippen molar-refractivity contribution in [1.29, 1.82) is 0 Å². The van der Waals surface area contributed by atoms with Crippen LogP contribution in [0.4, 0.5) is 0 Å². The Kier molecular flexibility index (Phi) is 4.12. The van der Waals surface area contributed by atoms with Gasteiger partial charge in [0.15, 0.2) is 0 Å². The Morgan fingerprint density at radius 2 is 2.35 bits per heavy atom. The molecule has 0 saturated heterocycles. The molecule has 0 aliphatic carbocycles. The summed E-state index contributed by atoms with van der Waals surface area (Å²) in [5.41, 5.74) is 3.54. The topological polar surface area (TPSA) is 42.0 Å². The summed E-state index contributed by atoms with van der Waals surface area (Å²) in [4.78, 5) is 15.7. The molecule has 1 heterocycles. The number of halogens is 1. The number of aromatic nitrogens is 1. The monoisotopic (exact) mass is 266 g/mol. The summed E-state index contributed by atoms with van der Waals surface area (Å²) < 4.78 is 0. The fraction of sp³-hybridized carbons (Fsp3) is 0.167. The first-order chi connectivity index (χ1) is 8.24. The van der Waals surface area contributed by atoms with E-state index >= 15 is 0 Å². The molecule has 0 fully saturated rings. The van der Waals surface area contributed by atoms with Crippen LogP contribution in [0.15, 0.2) is 35.2 Å². The Bertz CT molecular complexity index is 499. The first kappa shape index (κ1) is 12.1. The normalized spacial score (nSPS) is 10.2. The van der Waals surface area contributed by atoms with Crippen molar-refractivity contribution in [3.8, 4) is 0 Å². The van der Waals surface area contributed by atoms with Gasteiger partial charge in [-0.25, -0.2) is 4.98 Å². The lowest BCUT2D eigenvalue weighted by Gasteiger charge is -2.03. The number of carbonyl (C=O) groups is 1. The van der Waals surface area contributed by atoms with Crippen molar-refractivity contribution >= 4 is 28.8 Å². The van der Waals surface area contributed by atoms with Gasteiger partial charge in [0.05, 0.1) is 24.2 Å². The van der Waals surface area contributed by atoms with E-state index in [1.54, 1.807) is 17.6 Å². The van der Waals surface area contributed by atoms with Gasteiger partial charge < -0.3 is 5.32 Å². The molecule has 0 unspecified atom stereocenters. The van der Waals surface area contributed by atoms with Crippen molar-refractivity contribution in [2.24, 2.45) is 0 Å². The van der Waals surface area contributed by atoms with Crippen molar-refractivity contribution in [1.82, 2.24) is 10.3 Å². The highest BCUT2D eigenvalue weighted by atomic mass is 35.5. The number of nitrogens with one attached hydrogen (secondary N) is 1. The second-order valence-corrected chi connectivity index (χ2v) is 4.72. The minimum absolute atomic E-state index is 0.0275. The molecule has 0 radical (unpaired) electrons. The Morgan fingerprint density at radius 3 is 3.06 bits per heavy atom. The lowest BCUT2D eigenvalue weighted by molar-refractivity contribution is -0.120. The van der Waals surface area contributed by atoms with Gasteiger partial charge in [-0.2, -0.15) is 0 Å². The molecule has 0 atom stereocenters. The second-order valence-electron chi connectivity index (χ2n) is 3.56. The van der Waals surface area contributed by atoms with E-state index in [-0.39, 0.29) is 5.91 Å². The van der Waals surface area contributed by atoms with E-state index in [0.29, 0.717) is 18.0 Å². The first-order valence-corrected chi connectivity index (χ1v) is 6.44. The van der Waals surface area contributed by atoms with Crippen LogP contribution >= 0.6 is 22.9 Å². The Hall–Kier alpha value is -1.39. The van der Waals surface area contributed by atoms with Gasteiger partial charge in [-0.1, -0.05) is 23.7 Å². The van der Waals surface area contributed by atoms with Gasteiger partial charge in [-0.3, -0.25) is 4.79 Å². The van der Waals surface area contributed by atoms with E-state index in [2.05, 4.69) is 10.3 Å². The molecular formula is C12H11ClN2OS. The van der Waals surface area contributed by atoms with Crippen LogP contribution in [0, 0.1) is 0 Å². The molecule has 1 aromatic heterocycles. The molecular weight excluding hydrogens is 256 g/mol. The number of rotatable bonds is 4. The number of carbonyl (C=O) groups excluding carboxylic acids is 1. The van der Waals surface area contributed by atoms with E-state index in [4.69, 9.17) is 11.6 Å². The highest BCUT2D eigenvalue weighted by Crippen LogP contribution is 2.11. The molecule has 0 spiro atoms.